The Morgan fingerprint density at radius 3 is 2.43 bits per heavy atom. The highest BCUT2D eigenvalue weighted by Gasteiger charge is 2.30. The van der Waals surface area contributed by atoms with Gasteiger partial charge >= 0.3 is 0 Å². The molecule has 3 atom stereocenters. The van der Waals surface area contributed by atoms with Crippen LogP contribution < -0.4 is 5.73 Å². The van der Waals surface area contributed by atoms with Gasteiger partial charge in [0, 0.05) is 16.2 Å². The van der Waals surface area contributed by atoms with Crippen molar-refractivity contribution in [1.82, 2.24) is 0 Å². The summed E-state index contributed by atoms with van der Waals surface area (Å²) in [6.45, 7) is 0. The lowest BCUT2D eigenvalue weighted by molar-refractivity contribution is 0.406. The zero-order chi connectivity index (χ0) is 14.7. The average molecular weight is 318 g/mol. The van der Waals surface area contributed by atoms with Crippen molar-refractivity contribution in [2.24, 2.45) is 5.73 Å². The van der Waals surface area contributed by atoms with Crippen LogP contribution in [-0.2, 0) is 0 Å². The molecule has 1 nitrogen and oxygen atoms in total. The molecule has 0 bridgehead atoms. The van der Waals surface area contributed by atoms with Crippen LogP contribution in [0.25, 0.3) is 0 Å². The molecular formula is C18H20ClNS. The summed E-state index contributed by atoms with van der Waals surface area (Å²) < 4.78 is 0. The van der Waals surface area contributed by atoms with Gasteiger partial charge in [0.2, 0.25) is 0 Å². The normalized spacial score (nSPS) is 25.7. The highest BCUT2D eigenvalue weighted by Crippen LogP contribution is 2.41. The topological polar surface area (TPSA) is 26.0 Å². The molecule has 3 unspecified atom stereocenters. The summed E-state index contributed by atoms with van der Waals surface area (Å²) in [5.74, 6) is 0.617. The highest BCUT2D eigenvalue weighted by molar-refractivity contribution is 8.00. The maximum Gasteiger partial charge on any atom is 0.0541 e. The number of halogens is 1. The van der Waals surface area contributed by atoms with E-state index < -0.39 is 0 Å². The fraction of sp³-hybridized carbons (Fsp3) is 0.333. The maximum absolute atomic E-state index is 6.35. The quantitative estimate of drug-likeness (QED) is 0.852. The van der Waals surface area contributed by atoms with Crippen LogP contribution in [0.15, 0.2) is 59.5 Å². The molecule has 0 spiro atoms. The van der Waals surface area contributed by atoms with Crippen LogP contribution in [0.2, 0.25) is 5.02 Å². The van der Waals surface area contributed by atoms with Crippen molar-refractivity contribution in [2.45, 2.75) is 41.4 Å². The number of thioether (sulfide) groups is 1. The molecule has 0 radical (unpaired) electrons. The molecule has 2 aromatic rings. The van der Waals surface area contributed by atoms with E-state index in [1.54, 1.807) is 0 Å². The second-order valence-electron chi connectivity index (χ2n) is 5.67. The van der Waals surface area contributed by atoms with Gasteiger partial charge in [-0.3, -0.25) is 0 Å². The smallest absolute Gasteiger partial charge is 0.0541 e. The summed E-state index contributed by atoms with van der Waals surface area (Å²) in [4.78, 5) is 1.15. The Morgan fingerprint density at radius 2 is 1.67 bits per heavy atom. The first kappa shape index (κ1) is 15.0. The van der Waals surface area contributed by atoms with Crippen molar-refractivity contribution < 1.29 is 0 Å². The van der Waals surface area contributed by atoms with Crippen LogP contribution in [0.5, 0.6) is 0 Å². The Labute approximate surface area is 135 Å². The highest BCUT2D eigenvalue weighted by atomic mass is 35.5. The molecule has 3 rings (SSSR count). The molecule has 2 aromatic carbocycles. The molecule has 21 heavy (non-hydrogen) atoms. The Balaban J connectivity index is 1.74. The second kappa shape index (κ2) is 6.87. The predicted molar refractivity (Wildman–Crippen MR) is 92.1 cm³/mol. The summed E-state index contributed by atoms with van der Waals surface area (Å²) in [6, 6.07) is 19.1. The van der Waals surface area contributed by atoms with E-state index in [4.69, 9.17) is 17.3 Å². The Hall–Kier alpha value is -0.960. The predicted octanol–water partition coefficient (Wildman–Crippen LogP) is 5.10. The third-order valence-electron chi connectivity index (χ3n) is 4.23. The van der Waals surface area contributed by atoms with E-state index in [0.29, 0.717) is 11.2 Å². The van der Waals surface area contributed by atoms with Gasteiger partial charge in [0.1, 0.15) is 0 Å². The number of nitrogens with two attached hydrogens (primary N) is 1. The molecule has 0 aromatic heterocycles. The second-order valence-corrected chi connectivity index (χ2v) is 7.36. The summed E-state index contributed by atoms with van der Waals surface area (Å²) in [7, 11) is 0. The molecule has 1 aliphatic carbocycles. The number of hydrogen-bond donors (Lipinski definition) is 1. The number of hydrogen-bond acceptors (Lipinski definition) is 2. The summed E-state index contributed by atoms with van der Waals surface area (Å²) in [6.07, 6.45) is 3.40. The first-order chi connectivity index (χ1) is 10.2. The van der Waals surface area contributed by atoms with E-state index >= 15 is 0 Å². The van der Waals surface area contributed by atoms with Crippen LogP contribution in [0.1, 0.15) is 30.7 Å². The molecular weight excluding hydrogens is 298 g/mol. The van der Waals surface area contributed by atoms with Gasteiger partial charge in [-0.25, -0.2) is 0 Å². The zero-order valence-electron chi connectivity index (χ0n) is 11.9. The average Bonchev–Trinajstić information content (AvgIpc) is 2.52. The van der Waals surface area contributed by atoms with Crippen LogP contribution in [0.3, 0.4) is 0 Å². The van der Waals surface area contributed by atoms with Crippen molar-refractivity contribution in [2.75, 3.05) is 0 Å². The van der Waals surface area contributed by atoms with Gasteiger partial charge < -0.3 is 5.73 Å². The largest absolute Gasteiger partial charge is 0.327 e. The van der Waals surface area contributed by atoms with Crippen molar-refractivity contribution in [1.29, 1.82) is 0 Å². The standard InChI is InChI=1S/C18H20ClNS/c19-15-8-4-5-9-17(15)21-18-12-14(10-11-16(18)20)13-6-2-1-3-7-13/h1-9,14,16,18H,10-12,20H2. The molecule has 1 fully saturated rings. The van der Waals surface area contributed by atoms with Crippen LogP contribution in [0.4, 0.5) is 0 Å². The van der Waals surface area contributed by atoms with Crippen molar-refractivity contribution >= 4 is 23.4 Å². The van der Waals surface area contributed by atoms with Gasteiger partial charge in [0.15, 0.2) is 0 Å². The summed E-state index contributed by atoms with van der Waals surface area (Å²) in [5, 5.41) is 1.26. The molecule has 0 saturated heterocycles. The number of rotatable bonds is 3. The van der Waals surface area contributed by atoms with Gasteiger partial charge in [-0.15, -0.1) is 11.8 Å². The van der Waals surface area contributed by atoms with Gasteiger partial charge in [-0.1, -0.05) is 54.1 Å². The van der Waals surface area contributed by atoms with Gasteiger partial charge in [0.25, 0.3) is 0 Å². The van der Waals surface area contributed by atoms with Crippen LogP contribution >= 0.6 is 23.4 Å². The fourth-order valence-electron chi connectivity index (χ4n) is 3.02. The molecule has 110 valence electrons. The Bertz CT molecular complexity index is 587. The fourth-order valence-corrected chi connectivity index (χ4v) is 4.59. The molecule has 2 N–H and O–H groups in total. The lowest BCUT2D eigenvalue weighted by Crippen LogP contribution is -2.37. The first-order valence-corrected chi connectivity index (χ1v) is 8.71. The summed E-state index contributed by atoms with van der Waals surface area (Å²) >= 11 is 8.12. The molecule has 1 saturated carbocycles. The third-order valence-corrected chi connectivity index (χ3v) is 6.13. The lowest BCUT2D eigenvalue weighted by Gasteiger charge is -2.34. The van der Waals surface area contributed by atoms with Crippen molar-refractivity contribution in [3.05, 3.63) is 65.2 Å². The summed E-state index contributed by atoms with van der Waals surface area (Å²) in [5.41, 5.74) is 7.79. The van der Waals surface area contributed by atoms with E-state index in [2.05, 4.69) is 36.4 Å². The van der Waals surface area contributed by atoms with Crippen molar-refractivity contribution in [3.63, 3.8) is 0 Å². The van der Waals surface area contributed by atoms with Crippen LogP contribution in [-0.4, -0.2) is 11.3 Å². The van der Waals surface area contributed by atoms with E-state index in [9.17, 15) is 0 Å². The SMILES string of the molecule is NC1CCC(c2ccccc2)CC1Sc1ccccc1Cl. The molecule has 0 aliphatic heterocycles. The Kier molecular flexibility index (Phi) is 4.89. The van der Waals surface area contributed by atoms with Gasteiger partial charge in [-0.05, 0) is 42.9 Å². The monoisotopic (exact) mass is 317 g/mol. The van der Waals surface area contributed by atoms with E-state index in [0.717, 1.165) is 22.8 Å². The third kappa shape index (κ3) is 3.63. The van der Waals surface area contributed by atoms with E-state index in [1.807, 2.05) is 30.0 Å². The zero-order valence-corrected chi connectivity index (χ0v) is 13.5. The minimum absolute atomic E-state index is 0.256. The molecule has 0 heterocycles. The number of benzene rings is 2. The van der Waals surface area contributed by atoms with E-state index in [-0.39, 0.29) is 6.04 Å². The minimum Gasteiger partial charge on any atom is -0.327 e. The van der Waals surface area contributed by atoms with E-state index in [1.165, 1.54) is 12.0 Å². The maximum atomic E-state index is 6.35. The Morgan fingerprint density at radius 1 is 0.952 bits per heavy atom. The van der Waals surface area contributed by atoms with Crippen molar-refractivity contribution in [3.8, 4) is 0 Å². The molecule has 1 aliphatic rings. The van der Waals surface area contributed by atoms with Gasteiger partial charge in [-0.2, -0.15) is 0 Å². The van der Waals surface area contributed by atoms with Crippen LogP contribution in [0, 0.1) is 0 Å². The first-order valence-electron chi connectivity index (χ1n) is 7.46. The molecule has 0 amide bonds. The van der Waals surface area contributed by atoms with Gasteiger partial charge in [0.05, 0.1) is 5.02 Å². The lowest BCUT2D eigenvalue weighted by atomic mass is 9.82. The minimum atomic E-state index is 0.256. The molecule has 3 heteroatoms.